The lowest BCUT2D eigenvalue weighted by Crippen LogP contribution is -1.87. The minimum Gasteiger partial charge on any atom is -0.399 e. The molecule has 0 bridgehead atoms. The first-order chi connectivity index (χ1) is 8.67. The highest BCUT2D eigenvalue weighted by Gasteiger charge is 1.90. The van der Waals surface area contributed by atoms with Crippen LogP contribution in [0.25, 0.3) is 0 Å². The molecule has 0 saturated carbocycles. The van der Waals surface area contributed by atoms with Crippen LogP contribution in [0.2, 0.25) is 0 Å². The summed E-state index contributed by atoms with van der Waals surface area (Å²) in [5, 5.41) is 8.39. The molecular weight excluding hydrogens is 226 g/mol. The highest BCUT2D eigenvalue weighted by molar-refractivity contribution is 5.75. The van der Waals surface area contributed by atoms with Crippen molar-refractivity contribution in [2.45, 2.75) is 0 Å². The summed E-state index contributed by atoms with van der Waals surface area (Å²) in [6.07, 6.45) is 0.791. The third-order valence-electron chi connectivity index (χ3n) is 2.15. The Morgan fingerprint density at radius 1 is 1.00 bits per heavy atom. The van der Waals surface area contributed by atoms with Crippen LogP contribution in [0.1, 0.15) is 15.9 Å². The minimum atomic E-state index is 0.539. The summed E-state index contributed by atoms with van der Waals surface area (Å²) in [6.45, 7) is 0. The summed E-state index contributed by atoms with van der Waals surface area (Å²) in [4.78, 5) is 10.1. The molecule has 0 fully saturated rings. The number of nitriles is 1. The van der Waals surface area contributed by atoms with E-state index in [4.69, 9.17) is 16.7 Å². The van der Waals surface area contributed by atoms with Crippen LogP contribution in [0.5, 0.6) is 0 Å². The molecule has 2 aromatic carbocycles. The maximum atomic E-state index is 10.1. The fraction of sp³-hybridized carbons (Fsp3) is 0. The van der Waals surface area contributed by atoms with Gasteiger partial charge in [-0.25, -0.2) is 0 Å². The molecule has 18 heavy (non-hydrogen) atoms. The molecule has 90 valence electrons. The number of benzene rings is 2. The maximum Gasteiger partial charge on any atom is 0.150 e. The molecule has 4 N–H and O–H groups in total. The van der Waals surface area contributed by atoms with Crippen molar-refractivity contribution in [3.8, 4) is 6.07 Å². The van der Waals surface area contributed by atoms with Gasteiger partial charge in [-0.3, -0.25) is 4.79 Å². The summed E-state index contributed by atoms with van der Waals surface area (Å²) < 4.78 is 0. The molecule has 0 radical (unpaired) electrons. The van der Waals surface area contributed by atoms with E-state index in [0.29, 0.717) is 22.5 Å². The topological polar surface area (TPSA) is 92.9 Å². The van der Waals surface area contributed by atoms with Crippen molar-refractivity contribution in [2.75, 3.05) is 11.5 Å². The molecule has 0 heterocycles. The Labute approximate surface area is 105 Å². The number of hydrogen-bond acceptors (Lipinski definition) is 4. The van der Waals surface area contributed by atoms with Crippen LogP contribution < -0.4 is 11.5 Å². The molecule has 0 amide bonds. The first-order valence-corrected chi connectivity index (χ1v) is 5.22. The number of carbonyl (C=O) groups is 1. The van der Waals surface area contributed by atoms with Crippen LogP contribution >= 0.6 is 0 Å². The predicted octanol–water partition coefficient (Wildman–Crippen LogP) is 2.22. The Morgan fingerprint density at radius 2 is 1.61 bits per heavy atom. The van der Waals surface area contributed by atoms with E-state index in [2.05, 4.69) is 0 Å². The Morgan fingerprint density at radius 3 is 2.06 bits per heavy atom. The van der Waals surface area contributed by atoms with E-state index in [1.807, 2.05) is 6.07 Å². The quantitative estimate of drug-likeness (QED) is 0.589. The Balaban J connectivity index is 0.000000180. The third kappa shape index (κ3) is 3.99. The van der Waals surface area contributed by atoms with E-state index >= 15 is 0 Å². The zero-order valence-corrected chi connectivity index (χ0v) is 9.71. The lowest BCUT2D eigenvalue weighted by Gasteiger charge is -1.91. The van der Waals surface area contributed by atoms with Gasteiger partial charge < -0.3 is 11.5 Å². The highest BCUT2D eigenvalue weighted by atomic mass is 16.1. The number of para-hydroxylation sites is 1. The second-order valence-corrected chi connectivity index (χ2v) is 3.48. The van der Waals surface area contributed by atoms with Gasteiger partial charge in [0.2, 0.25) is 0 Å². The first kappa shape index (κ1) is 13.3. The van der Waals surface area contributed by atoms with Crippen LogP contribution in [0, 0.1) is 11.3 Å². The summed E-state index contributed by atoms with van der Waals surface area (Å²) in [7, 11) is 0. The van der Waals surface area contributed by atoms with Crippen LogP contribution in [0.3, 0.4) is 0 Å². The maximum absolute atomic E-state index is 10.1. The lowest BCUT2D eigenvalue weighted by atomic mass is 10.2. The molecule has 4 heteroatoms. The Hall–Kier alpha value is -2.80. The lowest BCUT2D eigenvalue weighted by molar-refractivity contribution is 0.112. The van der Waals surface area contributed by atoms with Gasteiger partial charge in [0.05, 0.1) is 5.56 Å². The molecule has 0 aromatic heterocycles. The number of anilines is 2. The zero-order valence-electron chi connectivity index (χ0n) is 9.71. The van der Waals surface area contributed by atoms with Crippen LogP contribution in [0.4, 0.5) is 11.4 Å². The van der Waals surface area contributed by atoms with Crippen molar-refractivity contribution in [1.29, 1.82) is 5.26 Å². The SMILES string of the molecule is N#Cc1ccccc1N.Nc1ccc(C=O)cc1. The molecule has 0 unspecified atom stereocenters. The van der Waals surface area contributed by atoms with E-state index in [0.717, 1.165) is 6.29 Å². The zero-order chi connectivity index (χ0) is 13.4. The molecule has 0 spiro atoms. The van der Waals surface area contributed by atoms with Crippen LogP contribution in [-0.4, -0.2) is 6.29 Å². The van der Waals surface area contributed by atoms with Gasteiger partial charge in [0.25, 0.3) is 0 Å². The van der Waals surface area contributed by atoms with E-state index in [-0.39, 0.29) is 0 Å². The fourth-order valence-corrected chi connectivity index (χ4v) is 1.17. The fourth-order valence-electron chi connectivity index (χ4n) is 1.17. The number of nitrogens with zero attached hydrogens (tertiary/aromatic N) is 1. The minimum absolute atomic E-state index is 0.539. The van der Waals surface area contributed by atoms with E-state index in [9.17, 15) is 4.79 Å². The molecule has 0 aliphatic rings. The number of carbonyl (C=O) groups excluding carboxylic acids is 1. The van der Waals surface area contributed by atoms with Crippen LogP contribution in [-0.2, 0) is 0 Å². The normalized spacial score (nSPS) is 8.61. The molecule has 4 nitrogen and oxygen atoms in total. The number of nitrogens with two attached hydrogens (primary N) is 2. The molecule has 2 rings (SSSR count). The van der Waals surface area contributed by atoms with E-state index in [1.165, 1.54) is 0 Å². The predicted molar refractivity (Wildman–Crippen MR) is 71.8 cm³/mol. The van der Waals surface area contributed by atoms with Gasteiger partial charge in [-0.1, -0.05) is 12.1 Å². The van der Waals surface area contributed by atoms with E-state index < -0.39 is 0 Å². The molecule has 0 saturated heterocycles. The molecule has 0 aliphatic heterocycles. The van der Waals surface area contributed by atoms with Crippen molar-refractivity contribution in [2.24, 2.45) is 0 Å². The van der Waals surface area contributed by atoms with Gasteiger partial charge in [-0.05, 0) is 36.4 Å². The second kappa shape index (κ2) is 6.71. The highest BCUT2D eigenvalue weighted by Crippen LogP contribution is 2.07. The van der Waals surface area contributed by atoms with Gasteiger partial charge in [0.1, 0.15) is 12.4 Å². The van der Waals surface area contributed by atoms with Gasteiger partial charge in [-0.2, -0.15) is 5.26 Å². The van der Waals surface area contributed by atoms with Crippen molar-refractivity contribution in [3.05, 3.63) is 59.7 Å². The van der Waals surface area contributed by atoms with Crippen molar-refractivity contribution in [3.63, 3.8) is 0 Å². The third-order valence-corrected chi connectivity index (χ3v) is 2.15. The number of rotatable bonds is 1. The monoisotopic (exact) mass is 239 g/mol. The smallest absolute Gasteiger partial charge is 0.150 e. The average Bonchev–Trinajstić information content (AvgIpc) is 2.41. The number of aldehydes is 1. The van der Waals surface area contributed by atoms with Crippen molar-refractivity contribution < 1.29 is 4.79 Å². The summed E-state index contributed by atoms with van der Waals surface area (Å²) in [6, 6.07) is 15.7. The average molecular weight is 239 g/mol. The second-order valence-electron chi connectivity index (χ2n) is 3.48. The molecule has 0 atom stereocenters. The summed E-state index contributed by atoms with van der Waals surface area (Å²) >= 11 is 0. The Bertz CT molecular complexity index is 556. The molecular formula is C14H13N3O. The van der Waals surface area contributed by atoms with Crippen molar-refractivity contribution >= 4 is 17.7 Å². The largest absolute Gasteiger partial charge is 0.399 e. The Kier molecular flexibility index (Phi) is 4.95. The number of hydrogen-bond donors (Lipinski definition) is 2. The van der Waals surface area contributed by atoms with Gasteiger partial charge >= 0.3 is 0 Å². The summed E-state index contributed by atoms with van der Waals surface area (Å²) in [5.41, 5.74) is 13.2. The molecule has 2 aromatic rings. The standard InChI is InChI=1S/C7H6N2.C7H7NO/c8-5-6-3-1-2-4-7(6)9;8-7-3-1-6(5-9)2-4-7/h1-4H,9H2;1-5H,8H2. The van der Waals surface area contributed by atoms with E-state index in [1.54, 1.807) is 48.5 Å². The summed E-state index contributed by atoms with van der Waals surface area (Å²) in [5.74, 6) is 0. The van der Waals surface area contributed by atoms with Gasteiger partial charge in [0.15, 0.2) is 0 Å². The van der Waals surface area contributed by atoms with Gasteiger partial charge in [0, 0.05) is 16.9 Å². The number of nitrogen functional groups attached to an aromatic ring is 2. The van der Waals surface area contributed by atoms with Crippen LogP contribution in [0.15, 0.2) is 48.5 Å². The van der Waals surface area contributed by atoms with Crippen molar-refractivity contribution in [1.82, 2.24) is 0 Å². The molecule has 0 aliphatic carbocycles. The van der Waals surface area contributed by atoms with Gasteiger partial charge in [-0.15, -0.1) is 0 Å². The first-order valence-electron chi connectivity index (χ1n) is 5.22.